The van der Waals surface area contributed by atoms with Crippen LogP contribution in [-0.4, -0.2) is 30.9 Å². The summed E-state index contributed by atoms with van der Waals surface area (Å²) in [7, 11) is 3.07. The number of aryl methyl sites for hydroxylation is 2. The maximum atomic E-state index is 12.5. The first-order valence-electron chi connectivity index (χ1n) is 9.26. The predicted octanol–water partition coefficient (Wildman–Crippen LogP) is 4.18. The largest absolute Gasteiger partial charge is 0.497 e. The molecular formula is C23H25N3O3. The lowest BCUT2D eigenvalue weighted by Crippen LogP contribution is -2.18. The highest BCUT2D eigenvalue weighted by atomic mass is 16.5. The van der Waals surface area contributed by atoms with Gasteiger partial charge in [0.2, 0.25) is 0 Å². The van der Waals surface area contributed by atoms with Crippen molar-refractivity contribution in [3.63, 3.8) is 0 Å². The van der Waals surface area contributed by atoms with Crippen molar-refractivity contribution in [3.8, 4) is 17.2 Å². The Kier molecular flexibility index (Phi) is 6.02. The molecule has 1 aromatic heterocycles. The van der Waals surface area contributed by atoms with Gasteiger partial charge >= 0.3 is 0 Å². The maximum Gasteiger partial charge on any atom is 0.275 e. The summed E-state index contributed by atoms with van der Waals surface area (Å²) in [6.45, 7) is 6.18. The third-order valence-electron chi connectivity index (χ3n) is 4.85. The topological polar surface area (TPSA) is 64.8 Å². The van der Waals surface area contributed by atoms with Crippen LogP contribution in [0.25, 0.3) is 5.69 Å². The molecule has 29 heavy (non-hydrogen) atoms. The van der Waals surface area contributed by atoms with E-state index in [4.69, 9.17) is 9.47 Å². The number of aromatic nitrogens is 1. The summed E-state index contributed by atoms with van der Waals surface area (Å²) in [6, 6.07) is 15.3. The molecule has 1 heterocycles. The van der Waals surface area contributed by atoms with Crippen molar-refractivity contribution >= 4 is 12.1 Å². The number of nitrogens with one attached hydrogen (secondary N) is 1. The van der Waals surface area contributed by atoms with Crippen LogP contribution in [-0.2, 0) is 0 Å². The van der Waals surface area contributed by atoms with E-state index in [2.05, 4.69) is 41.1 Å². The van der Waals surface area contributed by atoms with Crippen LogP contribution < -0.4 is 14.9 Å². The lowest BCUT2D eigenvalue weighted by molar-refractivity contribution is 0.0952. The number of ether oxygens (including phenoxy) is 2. The minimum Gasteiger partial charge on any atom is -0.497 e. The number of hydrazone groups is 1. The fourth-order valence-electron chi connectivity index (χ4n) is 3.31. The smallest absolute Gasteiger partial charge is 0.275 e. The Morgan fingerprint density at radius 1 is 1.03 bits per heavy atom. The quantitative estimate of drug-likeness (QED) is 0.506. The molecule has 0 fully saturated rings. The molecule has 0 radical (unpaired) electrons. The molecule has 0 atom stereocenters. The first-order chi connectivity index (χ1) is 14.0. The van der Waals surface area contributed by atoms with Crippen LogP contribution in [0.5, 0.6) is 11.5 Å². The zero-order valence-corrected chi connectivity index (χ0v) is 17.3. The fourth-order valence-corrected chi connectivity index (χ4v) is 3.31. The molecule has 6 nitrogen and oxygen atoms in total. The molecule has 6 heteroatoms. The van der Waals surface area contributed by atoms with E-state index >= 15 is 0 Å². The van der Waals surface area contributed by atoms with Gasteiger partial charge in [-0.1, -0.05) is 18.2 Å². The lowest BCUT2D eigenvalue weighted by Gasteiger charge is -2.12. The van der Waals surface area contributed by atoms with Crippen LogP contribution >= 0.6 is 0 Å². The van der Waals surface area contributed by atoms with Gasteiger partial charge in [-0.2, -0.15) is 5.10 Å². The highest BCUT2D eigenvalue weighted by molar-refractivity contribution is 5.97. The number of hydrogen-bond donors (Lipinski definition) is 1. The van der Waals surface area contributed by atoms with E-state index in [1.165, 1.54) is 12.7 Å². The van der Waals surface area contributed by atoms with E-state index in [-0.39, 0.29) is 5.91 Å². The van der Waals surface area contributed by atoms with E-state index < -0.39 is 0 Å². The molecule has 3 aromatic rings. The number of methoxy groups -OCH3 is 2. The van der Waals surface area contributed by atoms with Gasteiger partial charge in [0.1, 0.15) is 11.5 Å². The summed E-state index contributed by atoms with van der Waals surface area (Å²) in [5.74, 6) is 0.689. The Labute approximate surface area is 170 Å². The molecule has 0 spiro atoms. The van der Waals surface area contributed by atoms with Gasteiger partial charge in [0.05, 0.1) is 26.0 Å². The number of carbonyl (C=O) groups is 1. The Morgan fingerprint density at radius 3 is 2.48 bits per heavy atom. The Bertz CT molecular complexity index is 1070. The molecule has 3 rings (SSSR count). The normalized spacial score (nSPS) is 10.9. The van der Waals surface area contributed by atoms with Gasteiger partial charge in [-0.15, -0.1) is 0 Å². The molecule has 0 saturated carbocycles. The fraction of sp³-hybridized carbons (Fsp3) is 0.217. The van der Waals surface area contributed by atoms with E-state index in [0.29, 0.717) is 17.1 Å². The molecular weight excluding hydrogens is 366 g/mol. The number of carbonyl (C=O) groups excluding carboxylic acids is 1. The van der Waals surface area contributed by atoms with Gasteiger partial charge in [-0.05, 0) is 50.6 Å². The number of amides is 1. The van der Waals surface area contributed by atoms with Crippen molar-refractivity contribution in [2.75, 3.05) is 14.2 Å². The highest BCUT2D eigenvalue weighted by Crippen LogP contribution is 2.25. The van der Waals surface area contributed by atoms with Crippen LogP contribution in [0.2, 0.25) is 0 Å². The minimum absolute atomic E-state index is 0.353. The number of benzene rings is 2. The van der Waals surface area contributed by atoms with Crippen molar-refractivity contribution in [1.29, 1.82) is 0 Å². The minimum atomic E-state index is -0.353. The monoisotopic (exact) mass is 391 g/mol. The Balaban J connectivity index is 1.81. The van der Waals surface area contributed by atoms with Gasteiger partial charge in [0.25, 0.3) is 5.91 Å². The molecule has 2 aromatic carbocycles. The molecule has 0 aliphatic rings. The summed E-state index contributed by atoms with van der Waals surface area (Å²) in [5.41, 5.74) is 8.37. The number of hydrogen-bond acceptors (Lipinski definition) is 4. The number of para-hydroxylation sites is 1. The SMILES string of the molecule is COc1ccc(C(=O)N/N=C\c2cc(C)n(-c3ccccc3C)c2C)c(OC)c1. The molecule has 150 valence electrons. The predicted molar refractivity (Wildman–Crippen MR) is 115 cm³/mol. The second-order valence-corrected chi connectivity index (χ2v) is 6.71. The third-order valence-corrected chi connectivity index (χ3v) is 4.85. The van der Waals surface area contributed by atoms with E-state index in [1.807, 2.05) is 25.1 Å². The zero-order valence-electron chi connectivity index (χ0n) is 17.3. The van der Waals surface area contributed by atoms with Gasteiger partial charge in [-0.3, -0.25) is 4.79 Å². The number of nitrogens with zero attached hydrogens (tertiary/aromatic N) is 2. The molecule has 0 aliphatic carbocycles. The first kappa shape index (κ1) is 20.2. The maximum absolute atomic E-state index is 12.5. The van der Waals surface area contributed by atoms with Gasteiger partial charge < -0.3 is 14.0 Å². The summed E-state index contributed by atoms with van der Waals surface area (Å²) in [5, 5.41) is 4.14. The average Bonchev–Trinajstić information content (AvgIpc) is 3.01. The van der Waals surface area contributed by atoms with E-state index in [1.54, 1.807) is 31.5 Å². The Morgan fingerprint density at radius 2 is 1.79 bits per heavy atom. The van der Waals surface area contributed by atoms with Crippen LogP contribution in [0.4, 0.5) is 0 Å². The second kappa shape index (κ2) is 8.65. The molecule has 1 amide bonds. The summed E-state index contributed by atoms with van der Waals surface area (Å²) in [6.07, 6.45) is 1.66. The van der Waals surface area contributed by atoms with Crippen LogP contribution in [0.15, 0.2) is 53.6 Å². The van der Waals surface area contributed by atoms with Gasteiger partial charge in [0, 0.05) is 28.7 Å². The second-order valence-electron chi connectivity index (χ2n) is 6.71. The third kappa shape index (κ3) is 4.16. The van der Waals surface area contributed by atoms with Crippen LogP contribution in [0.1, 0.15) is 32.9 Å². The molecule has 0 saturated heterocycles. The van der Waals surface area contributed by atoms with Crippen molar-refractivity contribution in [2.45, 2.75) is 20.8 Å². The zero-order chi connectivity index (χ0) is 21.0. The van der Waals surface area contributed by atoms with Crippen LogP contribution in [0, 0.1) is 20.8 Å². The van der Waals surface area contributed by atoms with Crippen molar-refractivity contribution in [2.24, 2.45) is 5.10 Å². The van der Waals surface area contributed by atoms with Crippen molar-refractivity contribution in [3.05, 3.63) is 76.6 Å². The van der Waals surface area contributed by atoms with Gasteiger partial charge in [-0.25, -0.2) is 5.43 Å². The molecule has 0 bridgehead atoms. The summed E-state index contributed by atoms with van der Waals surface area (Å²) >= 11 is 0. The Hall–Kier alpha value is -3.54. The van der Waals surface area contributed by atoms with E-state index in [9.17, 15) is 4.79 Å². The highest BCUT2D eigenvalue weighted by Gasteiger charge is 2.14. The summed E-state index contributed by atoms with van der Waals surface area (Å²) < 4.78 is 12.6. The lowest BCUT2D eigenvalue weighted by atomic mass is 10.2. The van der Waals surface area contributed by atoms with Crippen molar-refractivity contribution < 1.29 is 14.3 Å². The first-order valence-corrected chi connectivity index (χ1v) is 9.26. The molecule has 0 aliphatic heterocycles. The molecule has 0 unspecified atom stereocenters. The van der Waals surface area contributed by atoms with Crippen molar-refractivity contribution in [1.82, 2.24) is 9.99 Å². The summed E-state index contributed by atoms with van der Waals surface area (Å²) in [4.78, 5) is 12.5. The van der Waals surface area contributed by atoms with Gasteiger partial charge in [0.15, 0.2) is 0 Å². The number of rotatable bonds is 6. The standard InChI is InChI=1S/C23H25N3O3/c1-15-8-6-7-9-21(15)26-16(2)12-18(17(26)3)14-24-25-23(27)20-11-10-19(28-4)13-22(20)29-5/h6-14H,1-5H3,(H,25,27)/b24-14-. The van der Waals surface area contributed by atoms with E-state index in [0.717, 1.165) is 22.6 Å². The molecule has 1 N–H and O–H groups in total. The average molecular weight is 391 g/mol. The van der Waals surface area contributed by atoms with Crippen LogP contribution in [0.3, 0.4) is 0 Å².